The summed E-state index contributed by atoms with van der Waals surface area (Å²) in [4.78, 5) is 12.8. The number of pyridine rings is 1. The third kappa shape index (κ3) is 6.59. The second-order valence-electron chi connectivity index (χ2n) is 12.6. The smallest absolute Gasteiger partial charge is 0.141 e. The van der Waals surface area contributed by atoms with Crippen LogP contribution in [0.5, 0.6) is 0 Å². The van der Waals surface area contributed by atoms with Gasteiger partial charge in [0.1, 0.15) is 17.9 Å². The van der Waals surface area contributed by atoms with E-state index in [1.54, 1.807) is 17.4 Å². The van der Waals surface area contributed by atoms with E-state index in [4.69, 9.17) is 28.2 Å². The van der Waals surface area contributed by atoms with Gasteiger partial charge in [-0.3, -0.25) is 14.9 Å². The molecule has 240 valence electrons. The molecule has 4 heterocycles. The second-order valence-corrected chi connectivity index (χ2v) is 14.7. The molecule has 4 aromatic rings. The molecule has 1 atom stereocenters. The molecule has 2 aromatic heterocycles. The van der Waals surface area contributed by atoms with Crippen molar-refractivity contribution in [3.63, 3.8) is 0 Å². The third-order valence-corrected chi connectivity index (χ3v) is 10.2. The van der Waals surface area contributed by atoms with Crippen molar-refractivity contribution < 1.29 is 4.39 Å². The maximum atomic E-state index is 13.9. The summed E-state index contributed by atoms with van der Waals surface area (Å²) in [5.74, 6) is -0.528. The predicted octanol–water partition coefficient (Wildman–Crippen LogP) is 7.95. The maximum absolute atomic E-state index is 13.9. The van der Waals surface area contributed by atoms with Gasteiger partial charge >= 0.3 is 0 Å². The van der Waals surface area contributed by atoms with E-state index < -0.39 is 5.82 Å². The van der Waals surface area contributed by atoms with Crippen LogP contribution in [0.4, 0.5) is 21.5 Å². The molecule has 1 saturated heterocycles. The maximum Gasteiger partial charge on any atom is 0.141 e. The number of nitrogens with zero attached hydrogens (tertiary/aromatic N) is 5. The van der Waals surface area contributed by atoms with E-state index in [0.717, 1.165) is 52.9 Å². The van der Waals surface area contributed by atoms with Crippen molar-refractivity contribution >= 4 is 62.5 Å². The molecule has 0 bridgehead atoms. The molecular weight excluding hydrogens is 644 g/mol. The Morgan fingerprint density at radius 3 is 2.50 bits per heavy atom. The second kappa shape index (κ2) is 12.9. The Morgan fingerprint density at radius 1 is 1.11 bits per heavy atom. The summed E-state index contributed by atoms with van der Waals surface area (Å²) in [5.41, 5.74) is 11.4. The van der Waals surface area contributed by atoms with Crippen LogP contribution in [-0.4, -0.2) is 44.5 Å². The van der Waals surface area contributed by atoms with Crippen molar-refractivity contribution in [3.05, 3.63) is 85.4 Å². The van der Waals surface area contributed by atoms with Crippen molar-refractivity contribution in [2.75, 3.05) is 23.7 Å². The van der Waals surface area contributed by atoms with Gasteiger partial charge in [0.25, 0.3) is 0 Å². The van der Waals surface area contributed by atoms with Crippen molar-refractivity contribution in [3.8, 4) is 6.07 Å². The Morgan fingerprint density at radius 2 is 1.85 bits per heavy atom. The van der Waals surface area contributed by atoms with Crippen LogP contribution in [0.1, 0.15) is 60.8 Å². The summed E-state index contributed by atoms with van der Waals surface area (Å²) < 4.78 is 13.9. The van der Waals surface area contributed by atoms with Crippen LogP contribution < -0.4 is 21.6 Å². The molecule has 0 unspecified atom stereocenters. The first-order valence-corrected chi connectivity index (χ1v) is 16.7. The number of aryl methyl sites for hydroxylation is 2. The number of fused-ring (bicyclic) bond motifs is 1. The highest BCUT2D eigenvalue weighted by Gasteiger charge is 2.33. The molecule has 1 fully saturated rings. The molecule has 9 nitrogen and oxygen atoms in total. The highest BCUT2D eigenvalue weighted by Crippen LogP contribution is 2.39. The Labute approximate surface area is 282 Å². The number of nitriles is 1. The third-order valence-electron chi connectivity index (χ3n) is 8.47. The summed E-state index contributed by atoms with van der Waals surface area (Å²) in [5, 5.41) is 21.1. The van der Waals surface area contributed by atoms with E-state index in [-0.39, 0.29) is 16.6 Å². The van der Waals surface area contributed by atoms with Crippen LogP contribution in [-0.2, 0) is 0 Å². The summed E-state index contributed by atoms with van der Waals surface area (Å²) >= 11 is 14.5. The molecule has 0 saturated carbocycles. The van der Waals surface area contributed by atoms with E-state index in [9.17, 15) is 9.65 Å². The summed E-state index contributed by atoms with van der Waals surface area (Å²) in [7, 11) is 0. The molecule has 0 radical (unpaired) electrons. The van der Waals surface area contributed by atoms with Crippen molar-refractivity contribution in [1.82, 2.24) is 30.8 Å². The van der Waals surface area contributed by atoms with E-state index in [0.29, 0.717) is 38.9 Å². The molecule has 4 N–H and O–H groups in total. The number of hydrazine groups is 2. The van der Waals surface area contributed by atoms with Gasteiger partial charge in [-0.05, 0) is 77.8 Å². The molecule has 2 aromatic carbocycles. The first-order valence-electron chi connectivity index (χ1n) is 15.1. The fourth-order valence-corrected chi connectivity index (χ4v) is 7.50. The highest BCUT2D eigenvalue weighted by atomic mass is 35.5. The average Bonchev–Trinajstić information content (AvgIpc) is 3.64. The number of thiazole rings is 1. The number of rotatable bonds is 7. The van der Waals surface area contributed by atoms with Gasteiger partial charge in [-0.15, -0.1) is 16.9 Å². The van der Waals surface area contributed by atoms with Crippen molar-refractivity contribution in [2.24, 2.45) is 0 Å². The number of anilines is 3. The fourth-order valence-electron chi connectivity index (χ4n) is 6.05. The number of halogens is 3. The van der Waals surface area contributed by atoms with E-state index >= 15 is 0 Å². The first kappa shape index (κ1) is 32.3. The zero-order chi connectivity index (χ0) is 32.7. The lowest BCUT2D eigenvalue weighted by Crippen LogP contribution is -2.52. The highest BCUT2D eigenvalue weighted by molar-refractivity contribution is 7.11. The molecule has 13 heteroatoms. The zero-order valence-electron chi connectivity index (χ0n) is 26.3. The summed E-state index contributed by atoms with van der Waals surface area (Å²) in [6.45, 7) is 12.9. The van der Waals surface area contributed by atoms with Crippen LogP contribution in [0.25, 0.3) is 10.9 Å². The Kier molecular flexibility index (Phi) is 9.02. The number of piperidine rings is 1. The summed E-state index contributed by atoms with van der Waals surface area (Å²) in [6.07, 6.45) is 5.72. The number of likely N-dealkylation sites (tertiary alicyclic amines) is 1. The van der Waals surface area contributed by atoms with Gasteiger partial charge in [0.15, 0.2) is 0 Å². The van der Waals surface area contributed by atoms with E-state index in [2.05, 4.69) is 69.5 Å². The Hall–Kier alpha value is -3.66. The molecule has 0 aliphatic carbocycles. The number of nitrogens with one attached hydrogen (secondary N) is 4. The average molecular weight is 681 g/mol. The minimum atomic E-state index is -0.528. The lowest BCUT2D eigenvalue weighted by molar-refractivity contribution is 0.0570. The van der Waals surface area contributed by atoms with Crippen LogP contribution in [0.15, 0.2) is 48.4 Å². The van der Waals surface area contributed by atoms with Gasteiger partial charge in [0, 0.05) is 53.8 Å². The summed E-state index contributed by atoms with van der Waals surface area (Å²) in [6, 6.07) is 10.4. The standard InChI is InChI=1S/C33H36Cl2FN9S/c1-18-32(46-19(2)39-18)31(28-17-45(43-42-28)23-8-10-44(11-9-23)33(3,4)5)41-22-12-24-29(40-21-6-7-27(36)25(34)13-21)20(15-37)16-38-30(24)26(35)14-22/h6-7,12-14,16-17,23,31,41-43H,8-11H2,1-5H3,(H,38,40)/t31-/m1/s1. The quantitative estimate of drug-likeness (QED) is 0.155. The molecule has 2 aliphatic heterocycles. The molecule has 0 amide bonds. The number of hydrogen-bond acceptors (Lipinski definition) is 10. The van der Waals surface area contributed by atoms with Gasteiger partial charge in [-0.2, -0.15) is 5.26 Å². The van der Waals surface area contributed by atoms with Crippen LogP contribution >= 0.6 is 34.5 Å². The van der Waals surface area contributed by atoms with Gasteiger partial charge in [0.2, 0.25) is 0 Å². The van der Waals surface area contributed by atoms with Crippen LogP contribution in [0.2, 0.25) is 10.0 Å². The molecule has 46 heavy (non-hydrogen) atoms. The molecule has 2 aliphatic rings. The lowest BCUT2D eigenvalue weighted by Gasteiger charge is -2.42. The van der Waals surface area contributed by atoms with Gasteiger partial charge in [-0.25, -0.2) is 9.37 Å². The predicted molar refractivity (Wildman–Crippen MR) is 185 cm³/mol. The normalized spacial score (nSPS) is 16.7. The molecule has 6 rings (SSSR count). The minimum absolute atomic E-state index is 0.0277. The molecule has 0 spiro atoms. The first-order chi connectivity index (χ1) is 21.9. The van der Waals surface area contributed by atoms with Crippen LogP contribution in [0, 0.1) is 31.0 Å². The number of benzene rings is 2. The monoisotopic (exact) mass is 679 g/mol. The number of hydrogen-bond donors (Lipinski definition) is 4. The van der Waals surface area contributed by atoms with Crippen molar-refractivity contribution in [1.29, 1.82) is 5.26 Å². The zero-order valence-corrected chi connectivity index (χ0v) is 28.6. The Bertz CT molecular complexity index is 1850. The van der Waals surface area contributed by atoms with Crippen LogP contribution in [0.3, 0.4) is 0 Å². The van der Waals surface area contributed by atoms with Gasteiger partial charge in [-0.1, -0.05) is 23.2 Å². The van der Waals surface area contributed by atoms with Crippen molar-refractivity contribution in [2.45, 2.75) is 65.1 Å². The topological polar surface area (TPSA) is 104 Å². The lowest BCUT2D eigenvalue weighted by atomic mass is 9.98. The van der Waals surface area contributed by atoms with Gasteiger partial charge in [0.05, 0.1) is 48.1 Å². The largest absolute Gasteiger partial charge is 0.372 e. The number of aromatic nitrogens is 2. The molecular formula is C33H36Cl2FN9S. The SMILES string of the molecule is Cc1nc(C)c([C@H](Nc2cc(Cl)c3ncc(C#N)c(Nc4ccc(F)c(Cl)c4)c3c2)C2=CN(C3CCN(C(C)(C)C)CC3)NN2)s1. The fraction of sp³-hybridized carbons (Fsp3) is 0.364. The minimum Gasteiger partial charge on any atom is -0.372 e. The van der Waals surface area contributed by atoms with E-state index in [1.165, 1.54) is 18.3 Å². The van der Waals surface area contributed by atoms with Gasteiger partial charge < -0.3 is 16.1 Å². The Balaban J connectivity index is 1.35. The van der Waals surface area contributed by atoms with E-state index in [1.807, 2.05) is 26.0 Å².